The van der Waals surface area contributed by atoms with Crippen LogP contribution in [0.5, 0.6) is 0 Å². The second-order valence-corrected chi connectivity index (χ2v) is 9.65. The highest BCUT2D eigenvalue weighted by Gasteiger charge is 2.28. The molecule has 0 spiro atoms. The van der Waals surface area contributed by atoms with E-state index in [4.69, 9.17) is 0 Å². The van der Waals surface area contributed by atoms with Gasteiger partial charge in [0, 0.05) is 24.8 Å². The molecule has 6 heteroatoms. The highest BCUT2D eigenvalue weighted by molar-refractivity contribution is 7.17. The molecule has 0 atom stereocenters. The maximum Gasteiger partial charge on any atom is 0.267 e. The molecule has 0 radical (unpaired) electrons. The lowest BCUT2D eigenvalue weighted by Crippen LogP contribution is -2.46. The summed E-state index contributed by atoms with van der Waals surface area (Å²) in [6.07, 6.45) is 10.7. The number of nitrogens with zero attached hydrogens (tertiary/aromatic N) is 3. The molecule has 5 rings (SSSR count). The van der Waals surface area contributed by atoms with Gasteiger partial charge in [-0.25, -0.2) is 4.98 Å². The number of hydrogen-bond donors (Lipinski definition) is 1. The molecule has 2 saturated heterocycles. The molecule has 29 heavy (non-hydrogen) atoms. The molecule has 1 amide bonds. The lowest BCUT2D eigenvalue weighted by Gasteiger charge is -2.40. The van der Waals surface area contributed by atoms with E-state index in [0.29, 0.717) is 10.8 Å². The van der Waals surface area contributed by atoms with E-state index in [-0.39, 0.29) is 5.91 Å². The van der Waals surface area contributed by atoms with Crippen LogP contribution in [0.2, 0.25) is 0 Å². The zero-order valence-electron chi connectivity index (χ0n) is 17.0. The van der Waals surface area contributed by atoms with Crippen LogP contribution in [-0.2, 0) is 0 Å². The Morgan fingerprint density at radius 2 is 1.76 bits per heavy atom. The molecule has 5 nitrogen and oxygen atoms in total. The van der Waals surface area contributed by atoms with Crippen LogP contribution in [0.4, 0.5) is 10.8 Å². The predicted octanol–water partition coefficient (Wildman–Crippen LogP) is 4.73. The van der Waals surface area contributed by atoms with Crippen LogP contribution in [0, 0.1) is 0 Å². The van der Waals surface area contributed by atoms with E-state index in [1.165, 1.54) is 74.9 Å². The second kappa shape index (κ2) is 8.44. The van der Waals surface area contributed by atoms with Crippen molar-refractivity contribution in [1.29, 1.82) is 0 Å². The van der Waals surface area contributed by atoms with E-state index < -0.39 is 0 Å². The van der Waals surface area contributed by atoms with Crippen LogP contribution in [0.3, 0.4) is 0 Å². The molecule has 2 aliphatic heterocycles. The van der Waals surface area contributed by atoms with Gasteiger partial charge in [-0.1, -0.05) is 36.0 Å². The fourth-order valence-corrected chi connectivity index (χ4v) is 5.63. The summed E-state index contributed by atoms with van der Waals surface area (Å²) in [5.41, 5.74) is 2.22. The van der Waals surface area contributed by atoms with Gasteiger partial charge in [-0.3, -0.25) is 4.79 Å². The third-order valence-electron chi connectivity index (χ3n) is 6.59. The Kier molecular flexibility index (Phi) is 5.55. The van der Waals surface area contributed by atoms with Crippen molar-refractivity contribution in [1.82, 2.24) is 9.88 Å². The van der Waals surface area contributed by atoms with Crippen molar-refractivity contribution in [2.75, 3.05) is 36.4 Å². The Balaban J connectivity index is 1.19. The maximum atomic E-state index is 12.8. The molecule has 1 aliphatic carbocycles. The van der Waals surface area contributed by atoms with Crippen molar-refractivity contribution in [3.8, 4) is 0 Å². The van der Waals surface area contributed by atoms with Crippen LogP contribution in [0.25, 0.3) is 0 Å². The molecule has 154 valence electrons. The first-order valence-electron chi connectivity index (χ1n) is 11.1. The highest BCUT2D eigenvalue weighted by atomic mass is 32.1. The molecule has 0 bridgehead atoms. The molecular formula is C23H30N4OS. The highest BCUT2D eigenvalue weighted by Crippen LogP contribution is 2.43. The SMILES string of the molecule is O=C(Nc1ccccc1C1CC1)c1cnc(N2CCC(N3CCCCC3)CC2)s1. The third-order valence-corrected chi connectivity index (χ3v) is 7.64. The summed E-state index contributed by atoms with van der Waals surface area (Å²) < 4.78 is 0. The Hall–Kier alpha value is -1.92. The summed E-state index contributed by atoms with van der Waals surface area (Å²) in [6.45, 7) is 4.63. The van der Waals surface area contributed by atoms with Gasteiger partial charge in [0.05, 0.1) is 6.20 Å². The molecule has 1 aromatic heterocycles. The zero-order valence-corrected chi connectivity index (χ0v) is 17.8. The van der Waals surface area contributed by atoms with Gasteiger partial charge >= 0.3 is 0 Å². The number of benzene rings is 1. The second-order valence-electron chi connectivity index (χ2n) is 8.64. The van der Waals surface area contributed by atoms with E-state index >= 15 is 0 Å². The number of nitrogens with one attached hydrogen (secondary N) is 1. The van der Waals surface area contributed by atoms with E-state index in [9.17, 15) is 4.79 Å². The van der Waals surface area contributed by atoms with Crippen molar-refractivity contribution >= 4 is 28.1 Å². The summed E-state index contributed by atoms with van der Waals surface area (Å²) in [5, 5.41) is 4.11. The van der Waals surface area contributed by atoms with E-state index in [2.05, 4.69) is 32.2 Å². The number of likely N-dealkylation sites (tertiary alicyclic amines) is 1. The fourth-order valence-electron chi connectivity index (χ4n) is 4.77. The quantitative estimate of drug-likeness (QED) is 0.774. The first kappa shape index (κ1) is 19.1. The smallest absolute Gasteiger partial charge is 0.267 e. The average Bonchev–Trinajstić information content (AvgIpc) is 3.50. The Labute approximate surface area is 177 Å². The van der Waals surface area contributed by atoms with Gasteiger partial charge in [0.2, 0.25) is 0 Å². The Morgan fingerprint density at radius 1 is 1.00 bits per heavy atom. The molecule has 3 fully saturated rings. The minimum absolute atomic E-state index is 0.0370. The minimum Gasteiger partial charge on any atom is -0.348 e. The monoisotopic (exact) mass is 410 g/mol. The first-order valence-corrected chi connectivity index (χ1v) is 11.9. The number of aromatic nitrogens is 1. The van der Waals surface area contributed by atoms with Crippen molar-refractivity contribution in [2.45, 2.75) is 56.9 Å². The van der Waals surface area contributed by atoms with Gasteiger partial charge in [0.25, 0.3) is 5.91 Å². The van der Waals surface area contributed by atoms with Crippen molar-refractivity contribution < 1.29 is 4.79 Å². The molecular weight excluding hydrogens is 380 g/mol. The number of thiazole rings is 1. The van der Waals surface area contributed by atoms with Crippen LogP contribution in [-0.4, -0.2) is 48.0 Å². The van der Waals surface area contributed by atoms with Gasteiger partial charge in [0.15, 0.2) is 5.13 Å². The predicted molar refractivity (Wildman–Crippen MR) is 119 cm³/mol. The number of rotatable bonds is 5. The van der Waals surface area contributed by atoms with Crippen LogP contribution in [0.1, 0.15) is 66.1 Å². The summed E-state index contributed by atoms with van der Waals surface area (Å²) >= 11 is 1.52. The maximum absolute atomic E-state index is 12.8. The summed E-state index contributed by atoms with van der Waals surface area (Å²) in [7, 11) is 0. The van der Waals surface area contributed by atoms with Crippen molar-refractivity contribution in [3.05, 3.63) is 40.9 Å². The van der Waals surface area contributed by atoms with Gasteiger partial charge in [0.1, 0.15) is 4.88 Å². The number of carbonyl (C=O) groups excluding carboxylic acids is 1. The van der Waals surface area contributed by atoms with Gasteiger partial charge in [-0.2, -0.15) is 0 Å². The van der Waals surface area contributed by atoms with Gasteiger partial charge < -0.3 is 15.1 Å². The number of amides is 1. The standard InChI is InChI=1S/C23H30N4OS/c28-22(25-20-7-3-2-6-19(20)17-8-9-17)21-16-24-23(29-21)27-14-10-18(11-15-27)26-12-4-1-5-13-26/h2-3,6-7,16-18H,1,4-5,8-15H2,(H,25,28). The van der Waals surface area contributed by atoms with E-state index in [1.54, 1.807) is 6.20 Å². The number of para-hydroxylation sites is 1. The number of anilines is 2. The van der Waals surface area contributed by atoms with Gasteiger partial charge in [-0.05, 0) is 69.2 Å². The summed E-state index contributed by atoms with van der Waals surface area (Å²) in [4.78, 5) is 23.1. The fraction of sp³-hybridized carbons (Fsp3) is 0.565. The van der Waals surface area contributed by atoms with Gasteiger partial charge in [-0.15, -0.1) is 0 Å². The van der Waals surface area contributed by atoms with Crippen LogP contribution < -0.4 is 10.2 Å². The Bertz CT molecular complexity index is 848. The summed E-state index contributed by atoms with van der Waals surface area (Å²) in [6, 6.07) is 8.93. The Morgan fingerprint density at radius 3 is 2.52 bits per heavy atom. The number of piperidine rings is 2. The molecule has 1 saturated carbocycles. The first-order chi connectivity index (χ1) is 14.3. The van der Waals surface area contributed by atoms with E-state index in [1.807, 2.05) is 12.1 Å². The minimum atomic E-state index is -0.0370. The van der Waals surface area contributed by atoms with Crippen LogP contribution in [0.15, 0.2) is 30.5 Å². The third kappa shape index (κ3) is 4.33. The largest absolute Gasteiger partial charge is 0.348 e. The zero-order chi connectivity index (χ0) is 19.6. The van der Waals surface area contributed by atoms with Crippen LogP contribution >= 0.6 is 11.3 Å². The van der Waals surface area contributed by atoms with Crippen molar-refractivity contribution in [2.24, 2.45) is 0 Å². The van der Waals surface area contributed by atoms with Crippen molar-refractivity contribution in [3.63, 3.8) is 0 Å². The molecule has 3 aliphatic rings. The molecule has 0 unspecified atom stereocenters. The summed E-state index contributed by atoms with van der Waals surface area (Å²) in [5.74, 6) is 0.578. The average molecular weight is 411 g/mol. The molecule has 2 aromatic rings. The topological polar surface area (TPSA) is 48.5 Å². The van der Waals surface area contributed by atoms with E-state index in [0.717, 1.165) is 30.0 Å². The number of carbonyl (C=O) groups is 1. The lowest BCUT2D eigenvalue weighted by molar-refractivity contribution is 0.103. The normalized spacial score (nSPS) is 21.3. The number of hydrogen-bond acceptors (Lipinski definition) is 5. The molecule has 3 heterocycles. The lowest BCUT2D eigenvalue weighted by atomic mass is 10.0. The molecule has 1 N–H and O–H groups in total. The molecule has 1 aromatic carbocycles.